The molecule has 1 aliphatic rings. The summed E-state index contributed by atoms with van der Waals surface area (Å²) in [5.74, 6) is 1.23. The van der Waals surface area contributed by atoms with E-state index in [1.807, 2.05) is 6.07 Å². The molecular formula is C9H14N4O. The van der Waals surface area contributed by atoms with Crippen molar-refractivity contribution in [3.63, 3.8) is 0 Å². The fraction of sp³-hybridized carbons (Fsp3) is 0.556. The standard InChI is InChI=1S/C9H14N4O/c10-8-3-4-9(12-11-8)13(5-6-14)7-1-2-7/h3-4,7,14H,1-2,5-6H2,(H2,10,11). The van der Waals surface area contributed by atoms with Gasteiger partial charge >= 0.3 is 0 Å². The molecule has 0 unspecified atom stereocenters. The highest BCUT2D eigenvalue weighted by atomic mass is 16.3. The molecule has 1 saturated carbocycles. The van der Waals surface area contributed by atoms with Crippen LogP contribution in [0.25, 0.3) is 0 Å². The lowest BCUT2D eigenvalue weighted by atomic mass is 10.4. The van der Waals surface area contributed by atoms with Gasteiger partial charge in [0.1, 0.15) is 5.82 Å². The van der Waals surface area contributed by atoms with Gasteiger partial charge in [-0.2, -0.15) is 0 Å². The minimum atomic E-state index is 0.141. The highest BCUT2D eigenvalue weighted by Crippen LogP contribution is 2.29. The second kappa shape index (κ2) is 3.79. The number of aromatic nitrogens is 2. The minimum Gasteiger partial charge on any atom is -0.395 e. The highest BCUT2D eigenvalue weighted by Gasteiger charge is 2.29. The Morgan fingerprint density at radius 2 is 2.21 bits per heavy atom. The van der Waals surface area contributed by atoms with Gasteiger partial charge in [0, 0.05) is 12.6 Å². The van der Waals surface area contributed by atoms with Crippen molar-refractivity contribution in [2.75, 3.05) is 23.8 Å². The van der Waals surface area contributed by atoms with E-state index < -0.39 is 0 Å². The minimum absolute atomic E-state index is 0.141. The van der Waals surface area contributed by atoms with Crippen LogP contribution in [0.3, 0.4) is 0 Å². The second-order valence-corrected chi connectivity index (χ2v) is 3.46. The van der Waals surface area contributed by atoms with Crippen LogP contribution < -0.4 is 10.6 Å². The van der Waals surface area contributed by atoms with Gasteiger partial charge in [0.25, 0.3) is 0 Å². The molecule has 3 N–H and O–H groups in total. The Morgan fingerprint density at radius 3 is 2.71 bits per heavy atom. The molecule has 1 fully saturated rings. The maximum Gasteiger partial charge on any atom is 0.151 e. The lowest BCUT2D eigenvalue weighted by Gasteiger charge is -2.21. The number of hydrogen-bond donors (Lipinski definition) is 2. The van der Waals surface area contributed by atoms with Crippen molar-refractivity contribution in [3.8, 4) is 0 Å². The zero-order valence-electron chi connectivity index (χ0n) is 7.93. The summed E-state index contributed by atoms with van der Waals surface area (Å²) < 4.78 is 0. The molecule has 0 aliphatic heterocycles. The molecule has 0 bridgehead atoms. The van der Waals surface area contributed by atoms with Crippen LogP contribution in [0.1, 0.15) is 12.8 Å². The summed E-state index contributed by atoms with van der Waals surface area (Å²) in [4.78, 5) is 2.08. The summed E-state index contributed by atoms with van der Waals surface area (Å²) in [5, 5.41) is 16.7. The Kier molecular flexibility index (Phi) is 2.49. The number of aliphatic hydroxyl groups excluding tert-OH is 1. The molecule has 5 heteroatoms. The fourth-order valence-electron chi connectivity index (χ4n) is 1.47. The number of anilines is 2. The molecule has 5 nitrogen and oxygen atoms in total. The van der Waals surface area contributed by atoms with Crippen molar-refractivity contribution in [3.05, 3.63) is 12.1 Å². The summed E-state index contributed by atoms with van der Waals surface area (Å²) in [5.41, 5.74) is 5.45. The van der Waals surface area contributed by atoms with Crippen molar-refractivity contribution in [1.29, 1.82) is 0 Å². The van der Waals surface area contributed by atoms with Crippen LogP contribution in [0.15, 0.2) is 12.1 Å². The van der Waals surface area contributed by atoms with Crippen LogP contribution in [0, 0.1) is 0 Å². The van der Waals surface area contributed by atoms with Crippen LogP contribution in [0.2, 0.25) is 0 Å². The summed E-state index contributed by atoms with van der Waals surface area (Å²) in [7, 11) is 0. The first kappa shape index (κ1) is 9.21. The summed E-state index contributed by atoms with van der Waals surface area (Å²) in [6.45, 7) is 0.756. The molecule has 0 spiro atoms. The number of aliphatic hydroxyl groups is 1. The van der Waals surface area contributed by atoms with Gasteiger partial charge in [-0.15, -0.1) is 10.2 Å². The largest absolute Gasteiger partial charge is 0.395 e. The topological polar surface area (TPSA) is 75.3 Å². The van der Waals surface area contributed by atoms with Crippen LogP contribution in [0.4, 0.5) is 11.6 Å². The molecule has 0 saturated heterocycles. The van der Waals surface area contributed by atoms with E-state index in [-0.39, 0.29) is 6.61 Å². The van der Waals surface area contributed by atoms with Crippen molar-refractivity contribution >= 4 is 11.6 Å². The summed E-state index contributed by atoms with van der Waals surface area (Å²) >= 11 is 0. The summed E-state index contributed by atoms with van der Waals surface area (Å²) in [6, 6.07) is 4.10. The van der Waals surface area contributed by atoms with Crippen LogP contribution >= 0.6 is 0 Å². The second-order valence-electron chi connectivity index (χ2n) is 3.46. The van der Waals surface area contributed by atoms with E-state index in [2.05, 4.69) is 15.1 Å². The van der Waals surface area contributed by atoms with Gasteiger partial charge in [-0.25, -0.2) is 0 Å². The molecule has 1 aliphatic carbocycles. The van der Waals surface area contributed by atoms with E-state index in [1.165, 1.54) is 12.8 Å². The van der Waals surface area contributed by atoms with E-state index in [9.17, 15) is 0 Å². The smallest absolute Gasteiger partial charge is 0.151 e. The predicted octanol–water partition coefficient (Wildman–Crippen LogP) is 0.0199. The maximum atomic E-state index is 8.91. The number of nitrogen functional groups attached to an aromatic ring is 1. The molecule has 1 aromatic rings. The lowest BCUT2D eigenvalue weighted by molar-refractivity contribution is 0.301. The van der Waals surface area contributed by atoms with Crippen LogP contribution in [-0.2, 0) is 0 Å². The van der Waals surface area contributed by atoms with Gasteiger partial charge < -0.3 is 15.7 Å². The number of nitrogens with zero attached hydrogens (tertiary/aromatic N) is 3. The predicted molar refractivity (Wildman–Crippen MR) is 53.9 cm³/mol. The summed E-state index contributed by atoms with van der Waals surface area (Å²) in [6.07, 6.45) is 2.35. The first-order chi connectivity index (χ1) is 6.81. The van der Waals surface area contributed by atoms with Crippen LogP contribution in [-0.4, -0.2) is 34.5 Å². The average molecular weight is 194 g/mol. The van der Waals surface area contributed by atoms with E-state index in [0.29, 0.717) is 18.4 Å². The number of nitrogens with two attached hydrogens (primary N) is 1. The molecule has 1 aromatic heterocycles. The van der Waals surface area contributed by atoms with Crippen molar-refractivity contribution in [2.45, 2.75) is 18.9 Å². The molecule has 76 valence electrons. The van der Waals surface area contributed by atoms with E-state index >= 15 is 0 Å². The van der Waals surface area contributed by atoms with Gasteiger partial charge in [-0.3, -0.25) is 0 Å². The third-order valence-electron chi connectivity index (χ3n) is 2.29. The zero-order chi connectivity index (χ0) is 9.97. The third-order valence-corrected chi connectivity index (χ3v) is 2.29. The van der Waals surface area contributed by atoms with Gasteiger partial charge in [0.15, 0.2) is 5.82 Å². The van der Waals surface area contributed by atoms with Gasteiger partial charge in [-0.1, -0.05) is 0 Å². The molecule has 2 rings (SSSR count). The van der Waals surface area contributed by atoms with E-state index in [4.69, 9.17) is 10.8 Å². The van der Waals surface area contributed by atoms with Gasteiger partial charge in [0.05, 0.1) is 6.61 Å². The Hall–Kier alpha value is -1.36. The Morgan fingerprint density at radius 1 is 1.43 bits per heavy atom. The van der Waals surface area contributed by atoms with Crippen molar-refractivity contribution in [1.82, 2.24) is 10.2 Å². The first-order valence-electron chi connectivity index (χ1n) is 4.78. The zero-order valence-corrected chi connectivity index (χ0v) is 7.93. The van der Waals surface area contributed by atoms with E-state index in [0.717, 1.165) is 5.82 Å². The lowest BCUT2D eigenvalue weighted by Crippen LogP contribution is -2.29. The first-order valence-corrected chi connectivity index (χ1v) is 4.78. The molecule has 0 aromatic carbocycles. The maximum absolute atomic E-state index is 8.91. The van der Waals surface area contributed by atoms with Crippen molar-refractivity contribution < 1.29 is 5.11 Å². The van der Waals surface area contributed by atoms with E-state index in [1.54, 1.807) is 6.07 Å². The molecule has 1 heterocycles. The molecule has 0 atom stereocenters. The normalized spacial score (nSPS) is 15.5. The molecular weight excluding hydrogens is 180 g/mol. The fourth-order valence-corrected chi connectivity index (χ4v) is 1.47. The number of rotatable bonds is 4. The Bertz CT molecular complexity index is 296. The monoisotopic (exact) mass is 194 g/mol. The molecule has 0 amide bonds. The SMILES string of the molecule is Nc1ccc(N(CCO)C2CC2)nn1. The molecule has 14 heavy (non-hydrogen) atoms. The number of hydrogen-bond acceptors (Lipinski definition) is 5. The highest BCUT2D eigenvalue weighted by molar-refractivity contribution is 5.43. The van der Waals surface area contributed by atoms with Gasteiger partial charge in [-0.05, 0) is 25.0 Å². The van der Waals surface area contributed by atoms with Crippen molar-refractivity contribution in [2.24, 2.45) is 0 Å². The van der Waals surface area contributed by atoms with Gasteiger partial charge in [0.2, 0.25) is 0 Å². The van der Waals surface area contributed by atoms with Crippen LogP contribution in [0.5, 0.6) is 0 Å². The quantitative estimate of drug-likeness (QED) is 0.706. The Labute approximate surface area is 82.6 Å². The molecule has 0 radical (unpaired) electrons. The average Bonchev–Trinajstić information content (AvgIpc) is 2.99. The third kappa shape index (κ3) is 1.93. The Balaban J connectivity index is 2.13.